The molecule has 2 heterocycles. The summed E-state index contributed by atoms with van der Waals surface area (Å²) in [4.78, 5) is 29.4. The van der Waals surface area contributed by atoms with Gasteiger partial charge in [0.15, 0.2) is 5.78 Å². The number of thiazole rings is 1. The number of hydrogen-bond donors (Lipinski definition) is 1. The Bertz CT molecular complexity index is 1330. The zero-order chi connectivity index (χ0) is 24.7. The lowest BCUT2D eigenvalue weighted by Crippen LogP contribution is -2.31. The molecule has 1 fully saturated rings. The molecule has 1 aromatic heterocycles. The quantitative estimate of drug-likeness (QED) is 0.350. The standard InChI is InChI=1S/C29H28N2O4S/c32-23(16-20-6-9-24(10-7-20)35-25-12-14-34-15-13-25)19-30-28(33)18-29-31-26-11-8-22(17-27(26)36-29)21-4-2-1-3-5-21/h1-11,17,25H,12-16,18-19H2,(H,30,33). The van der Waals surface area contributed by atoms with Gasteiger partial charge in [-0.25, -0.2) is 4.98 Å². The van der Waals surface area contributed by atoms with Gasteiger partial charge in [0.1, 0.15) is 16.9 Å². The van der Waals surface area contributed by atoms with Crippen molar-refractivity contribution in [3.63, 3.8) is 0 Å². The molecule has 3 aromatic carbocycles. The molecular weight excluding hydrogens is 472 g/mol. The lowest BCUT2D eigenvalue weighted by atomic mass is 10.1. The Labute approximate surface area is 214 Å². The van der Waals surface area contributed by atoms with E-state index in [0.717, 1.165) is 63.7 Å². The minimum absolute atomic E-state index is 0.00219. The molecule has 1 amide bonds. The number of aromatic nitrogens is 1. The van der Waals surface area contributed by atoms with Crippen LogP contribution in [0.4, 0.5) is 0 Å². The number of amides is 1. The van der Waals surface area contributed by atoms with Crippen molar-refractivity contribution in [3.05, 3.63) is 83.4 Å². The van der Waals surface area contributed by atoms with Crippen LogP contribution in [0.3, 0.4) is 0 Å². The van der Waals surface area contributed by atoms with Crippen LogP contribution >= 0.6 is 11.3 Å². The number of Topliss-reactive ketones (excluding diaryl/α,β-unsaturated/α-hetero) is 1. The van der Waals surface area contributed by atoms with Gasteiger partial charge in [0.05, 0.1) is 36.4 Å². The predicted molar refractivity (Wildman–Crippen MR) is 141 cm³/mol. The van der Waals surface area contributed by atoms with Crippen molar-refractivity contribution < 1.29 is 19.1 Å². The molecule has 7 heteroatoms. The van der Waals surface area contributed by atoms with E-state index in [1.807, 2.05) is 54.6 Å². The summed E-state index contributed by atoms with van der Waals surface area (Å²) in [7, 11) is 0. The normalized spacial score (nSPS) is 14.0. The van der Waals surface area contributed by atoms with Crippen LogP contribution in [0.1, 0.15) is 23.4 Å². The van der Waals surface area contributed by atoms with Crippen LogP contribution in [0, 0.1) is 0 Å². The molecule has 0 bridgehead atoms. The van der Waals surface area contributed by atoms with Gasteiger partial charge in [-0.05, 0) is 41.0 Å². The zero-order valence-electron chi connectivity index (χ0n) is 19.9. The Morgan fingerprint density at radius 3 is 2.50 bits per heavy atom. The van der Waals surface area contributed by atoms with Gasteiger partial charge in [0, 0.05) is 19.3 Å². The maximum atomic E-state index is 12.4. The number of ether oxygens (including phenoxy) is 2. The third-order valence-corrected chi connectivity index (χ3v) is 7.15. The van der Waals surface area contributed by atoms with Crippen LogP contribution in [-0.2, 0) is 27.2 Å². The molecule has 1 aliphatic heterocycles. The van der Waals surface area contributed by atoms with E-state index in [0.29, 0.717) is 0 Å². The molecule has 1 N–H and O–H groups in total. The SMILES string of the molecule is O=C(CNC(=O)Cc1nc2ccc(-c3ccccc3)cc2s1)Cc1ccc(OC2CCOCC2)cc1. The van der Waals surface area contributed by atoms with E-state index < -0.39 is 0 Å². The summed E-state index contributed by atoms with van der Waals surface area (Å²) in [5, 5.41) is 3.48. The van der Waals surface area contributed by atoms with Crippen LogP contribution in [0.2, 0.25) is 0 Å². The van der Waals surface area contributed by atoms with Crippen molar-refractivity contribution in [1.82, 2.24) is 10.3 Å². The Kier molecular flexibility index (Phi) is 7.69. The molecule has 6 nitrogen and oxygen atoms in total. The number of nitrogens with one attached hydrogen (secondary N) is 1. The van der Waals surface area contributed by atoms with Crippen molar-refractivity contribution in [2.45, 2.75) is 31.8 Å². The van der Waals surface area contributed by atoms with Gasteiger partial charge >= 0.3 is 0 Å². The van der Waals surface area contributed by atoms with E-state index >= 15 is 0 Å². The molecule has 184 valence electrons. The van der Waals surface area contributed by atoms with Gasteiger partial charge in [-0.1, -0.05) is 48.5 Å². The van der Waals surface area contributed by atoms with Crippen LogP contribution < -0.4 is 10.1 Å². The van der Waals surface area contributed by atoms with Crippen molar-refractivity contribution in [1.29, 1.82) is 0 Å². The maximum Gasteiger partial charge on any atom is 0.227 e. The first-order valence-electron chi connectivity index (χ1n) is 12.2. The zero-order valence-corrected chi connectivity index (χ0v) is 20.8. The Morgan fingerprint density at radius 2 is 1.72 bits per heavy atom. The van der Waals surface area contributed by atoms with Gasteiger partial charge in [-0.3, -0.25) is 9.59 Å². The summed E-state index contributed by atoms with van der Waals surface area (Å²) in [5.41, 5.74) is 4.04. The Morgan fingerprint density at radius 1 is 0.944 bits per heavy atom. The van der Waals surface area contributed by atoms with Crippen molar-refractivity contribution in [2.24, 2.45) is 0 Å². The minimum atomic E-state index is -0.203. The smallest absolute Gasteiger partial charge is 0.227 e. The number of fused-ring (bicyclic) bond motifs is 1. The highest BCUT2D eigenvalue weighted by Gasteiger charge is 2.15. The summed E-state index contributed by atoms with van der Waals surface area (Å²) < 4.78 is 12.4. The average molecular weight is 501 g/mol. The summed E-state index contributed by atoms with van der Waals surface area (Å²) in [6.07, 6.45) is 2.40. The van der Waals surface area contributed by atoms with Crippen molar-refractivity contribution in [2.75, 3.05) is 19.8 Å². The van der Waals surface area contributed by atoms with Gasteiger partial charge in [0.25, 0.3) is 0 Å². The third kappa shape index (κ3) is 6.36. The first-order valence-corrected chi connectivity index (χ1v) is 13.0. The number of carbonyl (C=O) groups excluding carboxylic acids is 2. The lowest BCUT2D eigenvalue weighted by molar-refractivity contribution is -0.124. The Balaban J connectivity index is 1.10. The largest absolute Gasteiger partial charge is 0.490 e. The fourth-order valence-corrected chi connectivity index (χ4v) is 5.22. The number of carbonyl (C=O) groups is 2. The molecule has 1 aliphatic rings. The second-order valence-electron chi connectivity index (χ2n) is 8.90. The second kappa shape index (κ2) is 11.5. The molecule has 0 saturated carbocycles. The van der Waals surface area contributed by atoms with E-state index in [9.17, 15) is 9.59 Å². The summed E-state index contributed by atoms with van der Waals surface area (Å²) in [5.74, 6) is 0.558. The van der Waals surface area contributed by atoms with Gasteiger partial charge in [-0.15, -0.1) is 11.3 Å². The topological polar surface area (TPSA) is 77.5 Å². The fourth-order valence-electron chi connectivity index (χ4n) is 4.22. The third-order valence-electron chi connectivity index (χ3n) is 6.13. The number of rotatable bonds is 9. The van der Waals surface area contributed by atoms with Crippen LogP contribution in [0.25, 0.3) is 21.3 Å². The highest BCUT2D eigenvalue weighted by atomic mass is 32.1. The first-order chi connectivity index (χ1) is 17.6. The van der Waals surface area contributed by atoms with Crippen molar-refractivity contribution in [3.8, 4) is 16.9 Å². The van der Waals surface area contributed by atoms with Crippen molar-refractivity contribution >= 4 is 33.2 Å². The van der Waals surface area contributed by atoms with E-state index in [-0.39, 0.29) is 37.2 Å². The molecule has 36 heavy (non-hydrogen) atoms. The molecule has 0 radical (unpaired) electrons. The lowest BCUT2D eigenvalue weighted by Gasteiger charge is -2.23. The van der Waals surface area contributed by atoms with Crippen LogP contribution in [0.15, 0.2) is 72.8 Å². The van der Waals surface area contributed by atoms with Gasteiger partial charge in [-0.2, -0.15) is 0 Å². The molecule has 0 atom stereocenters. The second-order valence-corrected chi connectivity index (χ2v) is 10.0. The first kappa shape index (κ1) is 24.2. The summed E-state index contributed by atoms with van der Waals surface area (Å²) >= 11 is 1.51. The molecule has 0 spiro atoms. The number of ketones is 1. The monoisotopic (exact) mass is 500 g/mol. The van der Waals surface area contributed by atoms with Crippen LogP contribution in [-0.4, -0.2) is 42.5 Å². The predicted octanol–water partition coefficient (Wildman–Crippen LogP) is 4.99. The fraction of sp³-hybridized carbons (Fsp3) is 0.276. The Hall–Kier alpha value is -3.55. The molecule has 1 saturated heterocycles. The molecule has 4 aromatic rings. The summed E-state index contributed by atoms with van der Waals surface area (Å²) in [6, 6.07) is 23.9. The minimum Gasteiger partial charge on any atom is -0.490 e. The van der Waals surface area contributed by atoms with E-state index in [2.05, 4.69) is 28.5 Å². The van der Waals surface area contributed by atoms with E-state index in [1.54, 1.807) is 0 Å². The molecular formula is C29H28N2O4S. The molecule has 5 rings (SSSR count). The highest BCUT2D eigenvalue weighted by Crippen LogP contribution is 2.28. The highest BCUT2D eigenvalue weighted by molar-refractivity contribution is 7.18. The number of hydrogen-bond acceptors (Lipinski definition) is 6. The number of nitrogens with zero attached hydrogens (tertiary/aromatic N) is 1. The summed E-state index contributed by atoms with van der Waals surface area (Å²) in [6.45, 7) is 1.47. The van der Waals surface area contributed by atoms with E-state index in [1.165, 1.54) is 11.3 Å². The molecule has 0 unspecified atom stereocenters. The maximum absolute atomic E-state index is 12.4. The average Bonchev–Trinajstić information content (AvgIpc) is 3.31. The molecule has 0 aliphatic carbocycles. The van der Waals surface area contributed by atoms with Gasteiger partial charge in [0.2, 0.25) is 5.91 Å². The number of benzene rings is 3. The van der Waals surface area contributed by atoms with E-state index in [4.69, 9.17) is 9.47 Å². The van der Waals surface area contributed by atoms with Crippen LogP contribution in [0.5, 0.6) is 5.75 Å². The van der Waals surface area contributed by atoms with Gasteiger partial charge < -0.3 is 14.8 Å².